The molecule has 2 aromatic heterocycles. The van der Waals surface area contributed by atoms with Crippen molar-refractivity contribution in [1.82, 2.24) is 24.6 Å². The van der Waals surface area contributed by atoms with Gasteiger partial charge in [0.25, 0.3) is 5.56 Å². The van der Waals surface area contributed by atoms with Crippen LogP contribution in [-0.2, 0) is 39.3 Å². The van der Waals surface area contributed by atoms with Gasteiger partial charge < -0.3 is 14.2 Å². The van der Waals surface area contributed by atoms with Crippen molar-refractivity contribution in [2.24, 2.45) is 0 Å². The summed E-state index contributed by atoms with van der Waals surface area (Å²) in [7, 11) is 0. The molecule has 1 unspecified atom stereocenters. The Morgan fingerprint density at radius 3 is 2.22 bits per heavy atom. The number of amides is 1. The quantitative estimate of drug-likeness (QED) is 0.0619. The number of benzene rings is 3. The number of H-pyrrole nitrogens is 1. The van der Waals surface area contributed by atoms with Crippen molar-refractivity contribution in [3.63, 3.8) is 0 Å². The van der Waals surface area contributed by atoms with Crippen LogP contribution >= 0.6 is 11.8 Å². The summed E-state index contributed by atoms with van der Waals surface area (Å²) in [6.45, 7) is 3.00. The van der Waals surface area contributed by atoms with Gasteiger partial charge in [-0.25, -0.2) is 4.39 Å². The highest BCUT2D eigenvalue weighted by Crippen LogP contribution is 2.31. The number of ether oxygens (including phenoxy) is 1. The zero-order valence-corrected chi connectivity index (χ0v) is 27.9. The number of aromatic amines is 1. The third-order valence-electron chi connectivity index (χ3n) is 7.91. The maximum atomic E-state index is 14.0. The number of nitrogens with one attached hydrogen (secondary N) is 1. The van der Waals surface area contributed by atoms with Crippen molar-refractivity contribution in [3.05, 3.63) is 135 Å². The molecule has 5 rings (SSSR count). The van der Waals surface area contributed by atoms with Crippen LogP contribution in [0.15, 0.2) is 101 Å². The van der Waals surface area contributed by atoms with E-state index < -0.39 is 35.1 Å². The highest BCUT2D eigenvalue weighted by molar-refractivity contribution is 7.98. The Bertz CT molecular complexity index is 1960. The van der Waals surface area contributed by atoms with Gasteiger partial charge in [-0.05, 0) is 59.0 Å². The molecule has 50 heavy (non-hydrogen) atoms. The van der Waals surface area contributed by atoms with Gasteiger partial charge in [0.05, 0.1) is 18.4 Å². The van der Waals surface area contributed by atoms with Crippen molar-refractivity contribution in [1.29, 1.82) is 0 Å². The number of hydrogen-bond donors (Lipinski definition) is 1. The smallest absolute Gasteiger partial charge is 0.416 e. The summed E-state index contributed by atoms with van der Waals surface area (Å²) in [5.41, 5.74) is 2.57. The number of carbonyl (C=O) groups is 2. The number of nitrogens with zero attached hydrogens (tertiary/aromatic N) is 4. The van der Waals surface area contributed by atoms with Gasteiger partial charge in [0.15, 0.2) is 5.16 Å². The Labute approximate surface area is 289 Å². The monoisotopic (exact) mass is 707 g/mol. The molecule has 14 heteroatoms. The van der Waals surface area contributed by atoms with Crippen LogP contribution in [0.3, 0.4) is 0 Å². The summed E-state index contributed by atoms with van der Waals surface area (Å²) >= 11 is 1.21. The molecular formula is C36H33F4N5O4S. The molecule has 0 saturated carbocycles. The molecule has 0 radical (unpaired) electrons. The first kappa shape index (κ1) is 36.1. The summed E-state index contributed by atoms with van der Waals surface area (Å²) in [6.07, 6.45) is 0.408. The van der Waals surface area contributed by atoms with Crippen LogP contribution in [0.25, 0.3) is 11.1 Å². The Hall–Kier alpha value is -5.24. The first-order valence-electron chi connectivity index (χ1n) is 15.6. The lowest BCUT2D eigenvalue weighted by atomic mass is 9.98. The second kappa shape index (κ2) is 16.0. The fourth-order valence-electron chi connectivity index (χ4n) is 5.14. The van der Waals surface area contributed by atoms with Crippen LogP contribution in [0.1, 0.15) is 47.6 Å². The van der Waals surface area contributed by atoms with Crippen molar-refractivity contribution in [2.75, 3.05) is 13.2 Å². The highest BCUT2D eigenvalue weighted by Gasteiger charge is 2.30. The molecule has 0 saturated heterocycles. The van der Waals surface area contributed by atoms with Crippen LogP contribution in [0.2, 0.25) is 0 Å². The van der Waals surface area contributed by atoms with Crippen molar-refractivity contribution in [2.45, 2.75) is 49.9 Å². The van der Waals surface area contributed by atoms with Crippen LogP contribution in [0.5, 0.6) is 0 Å². The molecular weight excluding hydrogens is 674 g/mol. The first-order chi connectivity index (χ1) is 23.9. The average Bonchev–Trinajstić information content (AvgIpc) is 3.64. The van der Waals surface area contributed by atoms with E-state index >= 15 is 0 Å². The molecule has 1 amide bonds. The molecule has 0 aliphatic carbocycles. The van der Waals surface area contributed by atoms with E-state index in [1.165, 1.54) is 40.9 Å². The Morgan fingerprint density at radius 1 is 0.980 bits per heavy atom. The molecule has 3 aromatic carbocycles. The minimum Gasteiger partial charge on any atom is -0.465 e. The largest absolute Gasteiger partial charge is 0.465 e. The predicted molar refractivity (Wildman–Crippen MR) is 179 cm³/mol. The summed E-state index contributed by atoms with van der Waals surface area (Å²) in [5, 5.41) is 6.95. The zero-order valence-electron chi connectivity index (χ0n) is 27.1. The third-order valence-corrected chi connectivity index (χ3v) is 8.97. The van der Waals surface area contributed by atoms with Crippen LogP contribution in [0, 0.1) is 5.82 Å². The number of hydrogen-bond acceptors (Lipinski definition) is 7. The second-order valence-electron chi connectivity index (χ2n) is 11.4. The van der Waals surface area contributed by atoms with Crippen molar-refractivity contribution < 1.29 is 31.9 Å². The van der Waals surface area contributed by atoms with E-state index in [1.807, 2.05) is 6.92 Å². The lowest BCUT2D eigenvalue weighted by Gasteiger charge is -2.24. The van der Waals surface area contributed by atoms with Gasteiger partial charge in [0.1, 0.15) is 18.9 Å². The van der Waals surface area contributed by atoms with Gasteiger partial charge in [0.2, 0.25) is 5.91 Å². The van der Waals surface area contributed by atoms with E-state index in [9.17, 15) is 31.9 Å². The topological polar surface area (TPSA) is 110 Å². The highest BCUT2D eigenvalue weighted by atomic mass is 32.2. The van der Waals surface area contributed by atoms with E-state index in [-0.39, 0.29) is 37.2 Å². The molecule has 9 nitrogen and oxygen atoms in total. The molecule has 0 spiro atoms. The fraction of sp³-hybridized carbons (Fsp3) is 0.250. The molecule has 260 valence electrons. The van der Waals surface area contributed by atoms with Crippen LogP contribution in [-0.4, -0.2) is 49.7 Å². The summed E-state index contributed by atoms with van der Waals surface area (Å²) in [4.78, 5) is 45.4. The summed E-state index contributed by atoms with van der Waals surface area (Å²) < 4.78 is 59.2. The maximum absolute atomic E-state index is 14.0. The molecule has 5 aromatic rings. The van der Waals surface area contributed by atoms with Crippen molar-refractivity contribution >= 4 is 23.6 Å². The van der Waals surface area contributed by atoms with E-state index in [0.717, 1.165) is 23.3 Å². The number of carbonyl (C=O) groups excluding carboxylic acids is 2. The SMILES string of the molecule is CCOC(=O)CN(Cc1ccc(-c2ccc(C(F)(F)F)cc2)cc1)C(=O)Cn1cc(C(C)c2cn[nH]c2)c(=O)nc1SCc1ccc(F)cc1. The zero-order chi connectivity index (χ0) is 35.8. The average molecular weight is 708 g/mol. The Morgan fingerprint density at radius 2 is 1.62 bits per heavy atom. The Kier molecular flexibility index (Phi) is 11.5. The van der Waals surface area contributed by atoms with Crippen molar-refractivity contribution in [3.8, 4) is 11.1 Å². The molecule has 0 fully saturated rings. The molecule has 0 aliphatic rings. The summed E-state index contributed by atoms with van der Waals surface area (Å²) in [5.74, 6) is -1.51. The number of thioether (sulfide) groups is 1. The molecule has 0 aliphatic heterocycles. The number of esters is 1. The van der Waals surface area contributed by atoms with Gasteiger partial charge >= 0.3 is 12.1 Å². The second-order valence-corrected chi connectivity index (χ2v) is 12.3. The molecule has 2 heterocycles. The number of rotatable bonds is 13. The summed E-state index contributed by atoms with van der Waals surface area (Å²) in [6, 6.07) is 17.6. The molecule has 1 N–H and O–H groups in total. The lowest BCUT2D eigenvalue weighted by Crippen LogP contribution is -2.38. The standard InChI is InChI=1S/C36H33F4N5O4S/c1-3-49-33(47)21-44(18-24-4-8-26(9-5-24)27-10-12-29(13-11-27)36(38,39)40)32(46)20-45-19-31(23(2)28-16-41-42-17-28)34(48)43-35(45)50-22-25-6-14-30(37)15-7-25/h4-17,19,23H,3,18,20-22H2,1-2H3,(H,41,42). The molecule has 0 bridgehead atoms. The normalized spacial score (nSPS) is 12.0. The Balaban J connectivity index is 1.41. The van der Waals surface area contributed by atoms with E-state index in [0.29, 0.717) is 28.0 Å². The number of halogens is 4. The van der Waals surface area contributed by atoms with Crippen LogP contribution in [0.4, 0.5) is 17.6 Å². The minimum atomic E-state index is -4.44. The maximum Gasteiger partial charge on any atom is 0.416 e. The first-order valence-corrected chi connectivity index (χ1v) is 16.6. The van der Waals surface area contributed by atoms with E-state index in [4.69, 9.17) is 4.74 Å². The number of alkyl halides is 3. The van der Waals surface area contributed by atoms with E-state index in [1.54, 1.807) is 66.5 Å². The number of aromatic nitrogens is 4. The minimum absolute atomic E-state index is 0.0227. The van der Waals surface area contributed by atoms with Gasteiger partial charge in [-0.15, -0.1) is 0 Å². The fourth-order valence-corrected chi connectivity index (χ4v) is 6.06. The van der Waals surface area contributed by atoms with Gasteiger partial charge in [0, 0.05) is 36.2 Å². The third kappa shape index (κ3) is 9.26. The van der Waals surface area contributed by atoms with Crippen LogP contribution < -0.4 is 5.56 Å². The molecule has 1 atom stereocenters. The predicted octanol–water partition coefficient (Wildman–Crippen LogP) is 6.83. The van der Waals surface area contributed by atoms with Gasteiger partial charge in [-0.1, -0.05) is 67.2 Å². The van der Waals surface area contributed by atoms with E-state index in [2.05, 4.69) is 15.2 Å². The van der Waals surface area contributed by atoms with Gasteiger partial charge in [-0.3, -0.25) is 19.5 Å². The van der Waals surface area contributed by atoms with Gasteiger partial charge in [-0.2, -0.15) is 23.3 Å². The lowest BCUT2D eigenvalue weighted by molar-refractivity contribution is -0.149.